The molecule has 2 rings (SSSR count). The lowest BCUT2D eigenvalue weighted by atomic mass is 9.95. The number of nitro groups is 1. The van der Waals surface area contributed by atoms with Crippen LogP contribution in [0.3, 0.4) is 0 Å². The van der Waals surface area contributed by atoms with Gasteiger partial charge in [-0.15, -0.1) is 0 Å². The Morgan fingerprint density at radius 2 is 2.05 bits per heavy atom. The normalized spacial score (nSPS) is 15.7. The van der Waals surface area contributed by atoms with Crippen LogP contribution in [0.25, 0.3) is 0 Å². The number of hydrogen-bond donors (Lipinski definition) is 1. The van der Waals surface area contributed by atoms with Gasteiger partial charge in [0.15, 0.2) is 0 Å². The van der Waals surface area contributed by atoms with Gasteiger partial charge in [0.25, 0.3) is 5.69 Å². The number of carbonyl (C=O) groups is 1. The highest BCUT2D eigenvalue weighted by molar-refractivity contribution is 5.89. The fourth-order valence-electron chi connectivity index (χ4n) is 2.54. The third kappa shape index (κ3) is 3.46. The van der Waals surface area contributed by atoms with Crippen LogP contribution in [-0.2, 0) is 0 Å². The predicted octanol–water partition coefficient (Wildman–Crippen LogP) is 3.39. The molecule has 6 nitrogen and oxygen atoms in total. The number of benzene rings is 1. The van der Waals surface area contributed by atoms with Gasteiger partial charge < -0.3 is 10.2 Å². The topological polar surface area (TPSA) is 75.5 Å². The third-order valence-electron chi connectivity index (χ3n) is 3.75. The molecule has 0 spiro atoms. The quantitative estimate of drug-likeness (QED) is 0.679. The van der Waals surface area contributed by atoms with E-state index < -0.39 is 4.92 Å². The van der Waals surface area contributed by atoms with E-state index in [0.29, 0.717) is 5.69 Å². The van der Waals surface area contributed by atoms with Gasteiger partial charge in [-0.1, -0.05) is 25.3 Å². The predicted molar refractivity (Wildman–Crippen MR) is 76.8 cm³/mol. The van der Waals surface area contributed by atoms with Crippen molar-refractivity contribution in [2.75, 3.05) is 12.4 Å². The minimum atomic E-state index is -0.472. The van der Waals surface area contributed by atoms with Crippen molar-refractivity contribution in [1.82, 2.24) is 4.90 Å². The SMILES string of the molecule is CN(C(=O)Nc1cccc([N+](=O)[O-])c1)C1CCCCC1. The highest BCUT2D eigenvalue weighted by Gasteiger charge is 2.22. The summed E-state index contributed by atoms with van der Waals surface area (Å²) in [7, 11) is 1.78. The van der Waals surface area contributed by atoms with Gasteiger partial charge in [-0.25, -0.2) is 4.79 Å². The zero-order chi connectivity index (χ0) is 14.5. The van der Waals surface area contributed by atoms with Crippen molar-refractivity contribution in [1.29, 1.82) is 0 Å². The van der Waals surface area contributed by atoms with Crippen LogP contribution < -0.4 is 5.32 Å². The Balaban J connectivity index is 1.99. The van der Waals surface area contributed by atoms with Crippen molar-refractivity contribution in [2.45, 2.75) is 38.1 Å². The molecule has 0 heterocycles. The minimum Gasteiger partial charge on any atom is -0.325 e. The van der Waals surface area contributed by atoms with Crippen LogP contribution >= 0.6 is 0 Å². The number of urea groups is 1. The molecule has 1 saturated carbocycles. The highest BCUT2D eigenvalue weighted by atomic mass is 16.6. The first kappa shape index (κ1) is 14.3. The minimum absolute atomic E-state index is 0.0249. The molecule has 0 saturated heterocycles. The van der Waals surface area contributed by atoms with E-state index in [1.807, 2.05) is 0 Å². The molecule has 1 N–H and O–H groups in total. The van der Waals surface area contributed by atoms with Gasteiger partial charge in [-0.2, -0.15) is 0 Å². The monoisotopic (exact) mass is 277 g/mol. The zero-order valence-electron chi connectivity index (χ0n) is 11.5. The van der Waals surface area contributed by atoms with Crippen molar-refractivity contribution >= 4 is 17.4 Å². The van der Waals surface area contributed by atoms with E-state index in [1.165, 1.54) is 18.6 Å². The van der Waals surface area contributed by atoms with E-state index in [-0.39, 0.29) is 17.8 Å². The fourth-order valence-corrected chi connectivity index (χ4v) is 2.54. The summed E-state index contributed by atoms with van der Waals surface area (Å²) in [5, 5.41) is 13.4. The second-order valence-electron chi connectivity index (χ2n) is 5.14. The lowest BCUT2D eigenvalue weighted by Gasteiger charge is -2.31. The van der Waals surface area contributed by atoms with Gasteiger partial charge in [0.05, 0.1) is 4.92 Å². The number of nitro benzene ring substituents is 1. The molecule has 0 aromatic heterocycles. The number of hydrogen-bond acceptors (Lipinski definition) is 3. The molecular formula is C14H19N3O3. The Bertz CT molecular complexity index is 498. The summed E-state index contributed by atoms with van der Waals surface area (Å²) in [5.41, 5.74) is 0.426. The average Bonchev–Trinajstić information content (AvgIpc) is 2.47. The van der Waals surface area contributed by atoms with Crippen molar-refractivity contribution in [2.24, 2.45) is 0 Å². The molecule has 1 aromatic rings. The molecule has 0 bridgehead atoms. The summed E-state index contributed by atoms with van der Waals surface area (Å²) in [5.74, 6) is 0. The zero-order valence-corrected chi connectivity index (χ0v) is 11.5. The lowest BCUT2D eigenvalue weighted by Crippen LogP contribution is -2.40. The van der Waals surface area contributed by atoms with Crippen LogP contribution in [0.15, 0.2) is 24.3 Å². The van der Waals surface area contributed by atoms with Crippen molar-refractivity contribution in [3.05, 3.63) is 34.4 Å². The Labute approximate surface area is 117 Å². The average molecular weight is 277 g/mol. The standard InChI is InChI=1S/C14H19N3O3/c1-16(12-7-3-2-4-8-12)14(18)15-11-6-5-9-13(10-11)17(19)20/h5-6,9-10,12H,2-4,7-8H2,1H3,(H,15,18). The van der Waals surface area contributed by atoms with E-state index in [4.69, 9.17) is 0 Å². The van der Waals surface area contributed by atoms with Gasteiger partial charge in [0.1, 0.15) is 0 Å². The van der Waals surface area contributed by atoms with Gasteiger partial charge >= 0.3 is 6.03 Å². The molecule has 0 unspecified atom stereocenters. The Hall–Kier alpha value is -2.11. The van der Waals surface area contributed by atoms with Crippen LogP contribution in [-0.4, -0.2) is 28.9 Å². The summed E-state index contributed by atoms with van der Waals surface area (Å²) in [6, 6.07) is 6.04. The summed E-state index contributed by atoms with van der Waals surface area (Å²) in [6.07, 6.45) is 5.59. The van der Waals surface area contributed by atoms with E-state index in [2.05, 4.69) is 5.32 Å². The molecule has 108 valence electrons. The third-order valence-corrected chi connectivity index (χ3v) is 3.75. The second kappa shape index (κ2) is 6.36. The molecule has 0 atom stereocenters. The first-order chi connectivity index (χ1) is 9.58. The Morgan fingerprint density at radius 1 is 1.35 bits per heavy atom. The largest absolute Gasteiger partial charge is 0.325 e. The smallest absolute Gasteiger partial charge is 0.321 e. The Morgan fingerprint density at radius 3 is 2.70 bits per heavy atom. The van der Waals surface area contributed by atoms with Gasteiger partial charge in [-0.05, 0) is 18.9 Å². The van der Waals surface area contributed by atoms with E-state index in [1.54, 1.807) is 24.1 Å². The molecule has 1 fully saturated rings. The van der Waals surface area contributed by atoms with Crippen LogP contribution in [0, 0.1) is 10.1 Å². The first-order valence-electron chi connectivity index (χ1n) is 6.86. The lowest BCUT2D eigenvalue weighted by molar-refractivity contribution is -0.384. The van der Waals surface area contributed by atoms with Crippen LogP contribution in [0.1, 0.15) is 32.1 Å². The van der Waals surface area contributed by atoms with E-state index >= 15 is 0 Å². The molecule has 0 radical (unpaired) electrons. The van der Waals surface area contributed by atoms with Crippen LogP contribution in [0.5, 0.6) is 0 Å². The molecule has 2 amide bonds. The number of amides is 2. The summed E-state index contributed by atoms with van der Waals surface area (Å²) in [6.45, 7) is 0. The number of carbonyl (C=O) groups excluding carboxylic acids is 1. The summed E-state index contributed by atoms with van der Waals surface area (Å²) in [4.78, 5) is 24.1. The fraction of sp³-hybridized carbons (Fsp3) is 0.500. The molecule has 1 aliphatic rings. The highest BCUT2D eigenvalue weighted by Crippen LogP contribution is 2.23. The molecule has 20 heavy (non-hydrogen) atoms. The van der Waals surface area contributed by atoms with Crippen LogP contribution in [0.4, 0.5) is 16.2 Å². The van der Waals surface area contributed by atoms with Crippen molar-refractivity contribution in [3.8, 4) is 0 Å². The molecule has 0 aliphatic heterocycles. The number of anilines is 1. The molecule has 1 aliphatic carbocycles. The molecule has 1 aromatic carbocycles. The van der Waals surface area contributed by atoms with Crippen LogP contribution in [0.2, 0.25) is 0 Å². The maximum Gasteiger partial charge on any atom is 0.321 e. The van der Waals surface area contributed by atoms with Gasteiger partial charge in [0, 0.05) is 30.9 Å². The van der Waals surface area contributed by atoms with E-state index in [9.17, 15) is 14.9 Å². The summed E-state index contributed by atoms with van der Waals surface area (Å²) >= 11 is 0. The summed E-state index contributed by atoms with van der Waals surface area (Å²) < 4.78 is 0. The molecular weight excluding hydrogens is 258 g/mol. The number of nitrogens with zero attached hydrogens (tertiary/aromatic N) is 2. The van der Waals surface area contributed by atoms with Crippen molar-refractivity contribution in [3.63, 3.8) is 0 Å². The maximum absolute atomic E-state index is 12.1. The number of non-ortho nitro benzene ring substituents is 1. The van der Waals surface area contributed by atoms with Crippen molar-refractivity contribution < 1.29 is 9.72 Å². The Kier molecular flexibility index (Phi) is 4.55. The molecule has 6 heteroatoms. The first-order valence-corrected chi connectivity index (χ1v) is 6.86. The van der Waals surface area contributed by atoms with Gasteiger partial charge in [0.2, 0.25) is 0 Å². The number of nitrogens with one attached hydrogen (secondary N) is 1. The maximum atomic E-state index is 12.1. The number of rotatable bonds is 3. The second-order valence-corrected chi connectivity index (χ2v) is 5.14. The van der Waals surface area contributed by atoms with E-state index in [0.717, 1.165) is 25.7 Å². The van der Waals surface area contributed by atoms with Gasteiger partial charge in [-0.3, -0.25) is 10.1 Å².